The third kappa shape index (κ3) is 1.36. The van der Waals surface area contributed by atoms with Gasteiger partial charge in [0.05, 0.1) is 10.6 Å². The minimum Gasteiger partial charge on any atom is -0.297 e. The van der Waals surface area contributed by atoms with E-state index in [0.717, 1.165) is 15.5 Å². The number of pyridine rings is 1. The summed E-state index contributed by atoms with van der Waals surface area (Å²) in [5.41, 5.74) is 1.03. The first-order chi connectivity index (χ1) is 8.92. The molecule has 0 atom stereocenters. The summed E-state index contributed by atoms with van der Waals surface area (Å²) < 4.78 is 2.03. The van der Waals surface area contributed by atoms with Gasteiger partial charge in [-0.1, -0.05) is 35.6 Å². The van der Waals surface area contributed by atoms with E-state index in [1.165, 1.54) is 10.8 Å². The molecule has 0 N–H and O–H groups in total. The molecule has 3 nitrogen and oxygen atoms in total. The highest BCUT2D eigenvalue weighted by atomic mass is 32.1. The van der Waals surface area contributed by atoms with Crippen LogP contribution in [0.5, 0.6) is 0 Å². The standard InChI is InChI=1S/C14H9N3S/c1-2-4-11-10(3-1)5-6-15-13(11)12-9-17-8-7-16-14(17)18-12/h1-9H. The second-order valence-corrected chi connectivity index (χ2v) is 5.10. The van der Waals surface area contributed by atoms with Gasteiger partial charge in [0.1, 0.15) is 0 Å². The summed E-state index contributed by atoms with van der Waals surface area (Å²) in [5.74, 6) is 0. The third-order valence-electron chi connectivity index (χ3n) is 3.00. The Hall–Kier alpha value is -2.20. The van der Waals surface area contributed by atoms with Crippen molar-refractivity contribution in [3.8, 4) is 10.6 Å². The van der Waals surface area contributed by atoms with Crippen LogP contribution in [0.2, 0.25) is 0 Å². The average Bonchev–Trinajstić information content (AvgIpc) is 2.99. The molecule has 0 fully saturated rings. The van der Waals surface area contributed by atoms with Crippen LogP contribution < -0.4 is 0 Å². The molecule has 3 heterocycles. The fourth-order valence-electron chi connectivity index (χ4n) is 2.15. The predicted octanol–water partition coefficient (Wildman–Crippen LogP) is 3.61. The average molecular weight is 251 g/mol. The lowest BCUT2D eigenvalue weighted by Gasteiger charge is -2.02. The molecule has 4 heteroatoms. The normalized spacial score (nSPS) is 11.3. The molecule has 0 aliphatic heterocycles. The van der Waals surface area contributed by atoms with Crippen molar-refractivity contribution in [2.75, 3.05) is 0 Å². The first-order valence-electron chi connectivity index (χ1n) is 5.68. The first-order valence-corrected chi connectivity index (χ1v) is 6.50. The van der Waals surface area contributed by atoms with E-state index in [0.29, 0.717) is 0 Å². The molecule has 1 aromatic carbocycles. The van der Waals surface area contributed by atoms with Gasteiger partial charge in [0.2, 0.25) is 0 Å². The van der Waals surface area contributed by atoms with Crippen molar-refractivity contribution in [3.63, 3.8) is 0 Å². The Morgan fingerprint density at radius 2 is 1.94 bits per heavy atom. The lowest BCUT2D eigenvalue weighted by molar-refractivity contribution is 1.23. The monoisotopic (exact) mass is 251 g/mol. The Morgan fingerprint density at radius 3 is 2.89 bits per heavy atom. The lowest BCUT2D eigenvalue weighted by atomic mass is 10.1. The van der Waals surface area contributed by atoms with Gasteiger partial charge in [-0.3, -0.25) is 9.38 Å². The summed E-state index contributed by atoms with van der Waals surface area (Å²) in [6.45, 7) is 0. The number of rotatable bonds is 1. The van der Waals surface area contributed by atoms with Gasteiger partial charge in [0.15, 0.2) is 4.96 Å². The van der Waals surface area contributed by atoms with Crippen molar-refractivity contribution in [2.24, 2.45) is 0 Å². The van der Waals surface area contributed by atoms with Crippen molar-refractivity contribution < 1.29 is 0 Å². The quantitative estimate of drug-likeness (QED) is 0.517. The maximum atomic E-state index is 4.52. The summed E-state index contributed by atoms with van der Waals surface area (Å²) in [4.78, 5) is 11.0. The van der Waals surface area contributed by atoms with E-state index in [4.69, 9.17) is 0 Å². The number of nitrogens with zero attached hydrogens (tertiary/aromatic N) is 3. The largest absolute Gasteiger partial charge is 0.297 e. The molecule has 0 unspecified atom stereocenters. The van der Waals surface area contributed by atoms with Crippen LogP contribution in [-0.2, 0) is 0 Å². The maximum absolute atomic E-state index is 4.52. The molecule has 0 aliphatic carbocycles. The van der Waals surface area contributed by atoms with Gasteiger partial charge < -0.3 is 0 Å². The van der Waals surface area contributed by atoms with Crippen molar-refractivity contribution in [3.05, 3.63) is 55.1 Å². The van der Waals surface area contributed by atoms with Crippen LogP contribution in [-0.4, -0.2) is 14.4 Å². The van der Waals surface area contributed by atoms with Crippen LogP contribution in [0.1, 0.15) is 0 Å². The Labute approximate surface area is 107 Å². The minimum absolute atomic E-state index is 1.000. The zero-order valence-corrected chi connectivity index (χ0v) is 10.3. The number of imidazole rings is 1. The van der Waals surface area contributed by atoms with Crippen LogP contribution in [0.15, 0.2) is 55.1 Å². The molecule has 0 aliphatic rings. The van der Waals surface area contributed by atoms with Crippen molar-refractivity contribution in [1.29, 1.82) is 0 Å². The number of fused-ring (bicyclic) bond motifs is 2. The van der Waals surface area contributed by atoms with Gasteiger partial charge in [0.25, 0.3) is 0 Å². The molecule has 86 valence electrons. The van der Waals surface area contributed by atoms with Gasteiger partial charge in [-0.05, 0) is 11.5 Å². The van der Waals surface area contributed by atoms with Crippen molar-refractivity contribution in [2.45, 2.75) is 0 Å². The molecule has 3 aromatic heterocycles. The van der Waals surface area contributed by atoms with Gasteiger partial charge in [0, 0.05) is 30.2 Å². The van der Waals surface area contributed by atoms with Crippen LogP contribution in [0.4, 0.5) is 0 Å². The second kappa shape index (κ2) is 3.65. The molecule has 4 aromatic rings. The molecule has 0 bridgehead atoms. The number of thiazole rings is 1. The smallest absolute Gasteiger partial charge is 0.194 e. The molecule has 0 spiro atoms. The van der Waals surface area contributed by atoms with Crippen molar-refractivity contribution in [1.82, 2.24) is 14.4 Å². The van der Waals surface area contributed by atoms with Gasteiger partial charge >= 0.3 is 0 Å². The predicted molar refractivity (Wildman–Crippen MR) is 73.8 cm³/mol. The fourth-order valence-corrected chi connectivity index (χ4v) is 3.11. The highest BCUT2D eigenvalue weighted by molar-refractivity contribution is 7.20. The Morgan fingerprint density at radius 1 is 1.00 bits per heavy atom. The molecule has 0 saturated heterocycles. The van der Waals surface area contributed by atoms with Crippen LogP contribution in [0.25, 0.3) is 26.3 Å². The lowest BCUT2D eigenvalue weighted by Crippen LogP contribution is -1.83. The van der Waals surface area contributed by atoms with Gasteiger partial charge in [-0.15, -0.1) is 0 Å². The Balaban J connectivity index is 2.04. The van der Waals surface area contributed by atoms with E-state index >= 15 is 0 Å². The third-order valence-corrected chi connectivity index (χ3v) is 4.02. The zero-order chi connectivity index (χ0) is 11.9. The topological polar surface area (TPSA) is 30.2 Å². The van der Waals surface area contributed by atoms with E-state index in [9.17, 15) is 0 Å². The summed E-state index contributed by atoms with van der Waals surface area (Å²) in [6, 6.07) is 10.4. The molecule has 0 saturated carbocycles. The van der Waals surface area contributed by atoms with Gasteiger partial charge in [-0.2, -0.15) is 0 Å². The van der Waals surface area contributed by atoms with E-state index in [1.54, 1.807) is 11.3 Å². The maximum Gasteiger partial charge on any atom is 0.194 e. The summed E-state index contributed by atoms with van der Waals surface area (Å²) in [7, 11) is 0. The molecule has 4 rings (SSSR count). The van der Waals surface area contributed by atoms with E-state index in [-0.39, 0.29) is 0 Å². The molecule has 0 radical (unpaired) electrons. The van der Waals surface area contributed by atoms with Gasteiger partial charge in [-0.25, -0.2) is 4.98 Å². The van der Waals surface area contributed by atoms with Crippen LogP contribution >= 0.6 is 11.3 Å². The summed E-state index contributed by atoms with van der Waals surface area (Å²) in [6.07, 6.45) is 7.72. The van der Waals surface area contributed by atoms with E-state index < -0.39 is 0 Å². The Kier molecular flexibility index (Phi) is 1.98. The van der Waals surface area contributed by atoms with E-state index in [1.807, 2.05) is 41.2 Å². The number of hydrogen-bond donors (Lipinski definition) is 0. The minimum atomic E-state index is 1.000. The molecule has 18 heavy (non-hydrogen) atoms. The van der Waals surface area contributed by atoms with Crippen LogP contribution in [0.3, 0.4) is 0 Å². The molecule has 0 amide bonds. The molecular formula is C14H9N3S. The SMILES string of the molecule is c1ccc2c(-c3cn4ccnc4s3)nccc2c1. The molecular weight excluding hydrogens is 242 g/mol. The summed E-state index contributed by atoms with van der Waals surface area (Å²) in [5, 5.41) is 2.40. The summed E-state index contributed by atoms with van der Waals surface area (Å²) >= 11 is 1.66. The fraction of sp³-hybridized carbons (Fsp3) is 0. The number of hydrogen-bond acceptors (Lipinski definition) is 3. The van der Waals surface area contributed by atoms with Crippen LogP contribution in [0, 0.1) is 0 Å². The highest BCUT2D eigenvalue weighted by Gasteiger charge is 2.09. The highest BCUT2D eigenvalue weighted by Crippen LogP contribution is 2.31. The Bertz CT molecular complexity index is 810. The second-order valence-electron chi connectivity index (χ2n) is 4.09. The zero-order valence-electron chi connectivity index (χ0n) is 9.45. The number of aromatic nitrogens is 3. The first kappa shape index (κ1) is 9.79. The van der Waals surface area contributed by atoms with E-state index in [2.05, 4.69) is 28.3 Å². The van der Waals surface area contributed by atoms with Crippen molar-refractivity contribution >= 4 is 27.1 Å². The number of benzene rings is 1.